The minimum Gasteiger partial charge on any atom is -0.493 e. The van der Waals surface area contributed by atoms with Crippen molar-refractivity contribution in [1.29, 1.82) is 0 Å². The number of amides is 1. The molecular weight excluding hydrogens is 470 g/mol. The number of ether oxygens (including phenoxy) is 2. The Bertz CT molecular complexity index is 1430. The fourth-order valence-corrected chi connectivity index (χ4v) is 5.02. The molecule has 0 unspecified atom stereocenters. The standard InChI is InChI=1S/C23H22F2N2O6S/c1-13-9-14(2)27(12-21(28)26-15-5-7-17(24)18(25)10-15)23(29)22(13)34(30,31)16-6-8-19(32-3)20(11-16)33-4/h5-11H,12H2,1-4H3,(H,26,28). The third-order valence-electron chi connectivity index (χ3n) is 5.09. The van der Waals surface area contributed by atoms with Crippen LogP contribution in [0.3, 0.4) is 0 Å². The second-order valence-electron chi connectivity index (χ2n) is 7.39. The summed E-state index contributed by atoms with van der Waals surface area (Å²) in [7, 11) is -1.54. The Morgan fingerprint density at radius 1 is 0.971 bits per heavy atom. The van der Waals surface area contributed by atoms with Gasteiger partial charge in [0, 0.05) is 23.5 Å². The lowest BCUT2D eigenvalue weighted by Gasteiger charge is -2.16. The van der Waals surface area contributed by atoms with E-state index < -0.39 is 44.4 Å². The number of sulfone groups is 1. The molecule has 2 aromatic carbocycles. The largest absolute Gasteiger partial charge is 0.493 e. The minimum absolute atomic E-state index is 0.0140. The van der Waals surface area contributed by atoms with E-state index in [9.17, 15) is 26.8 Å². The van der Waals surface area contributed by atoms with Gasteiger partial charge in [0.05, 0.1) is 19.1 Å². The molecule has 3 rings (SSSR count). The first kappa shape index (κ1) is 24.9. The molecule has 0 aliphatic rings. The summed E-state index contributed by atoms with van der Waals surface area (Å²) in [5, 5.41) is 2.36. The lowest BCUT2D eigenvalue weighted by atomic mass is 10.2. The van der Waals surface area contributed by atoms with Gasteiger partial charge in [0.25, 0.3) is 5.56 Å². The van der Waals surface area contributed by atoms with Crippen molar-refractivity contribution in [3.8, 4) is 11.5 Å². The average Bonchev–Trinajstić information content (AvgIpc) is 2.78. The molecule has 0 atom stereocenters. The predicted octanol–water partition coefficient (Wildman–Crippen LogP) is 3.23. The average molecular weight is 493 g/mol. The molecule has 11 heteroatoms. The molecule has 180 valence electrons. The highest BCUT2D eigenvalue weighted by Gasteiger charge is 2.27. The quantitative estimate of drug-likeness (QED) is 0.543. The Morgan fingerprint density at radius 3 is 2.26 bits per heavy atom. The molecule has 1 aromatic heterocycles. The summed E-state index contributed by atoms with van der Waals surface area (Å²) in [6.45, 7) is 2.48. The third-order valence-corrected chi connectivity index (χ3v) is 7.00. The van der Waals surface area contributed by atoms with Gasteiger partial charge in [-0.2, -0.15) is 0 Å². The first-order valence-electron chi connectivity index (χ1n) is 9.92. The lowest BCUT2D eigenvalue weighted by Crippen LogP contribution is -2.33. The van der Waals surface area contributed by atoms with Crippen molar-refractivity contribution in [3.05, 3.63) is 75.7 Å². The number of rotatable bonds is 7. The van der Waals surface area contributed by atoms with Crippen molar-refractivity contribution in [2.45, 2.75) is 30.2 Å². The van der Waals surface area contributed by atoms with Crippen LogP contribution in [0.5, 0.6) is 11.5 Å². The van der Waals surface area contributed by atoms with Crippen LogP contribution in [-0.4, -0.2) is 33.1 Å². The van der Waals surface area contributed by atoms with Gasteiger partial charge in [-0.15, -0.1) is 0 Å². The summed E-state index contributed by atoms with van der Waals surface area (Å²) < 4.78 is 64.5. The van der Waals surface area contributed by atoms with Crippen LogP contribution in [0.15, 0.2) is 57.1 Å². The van der Waals surface area contributed by atoms with Gasteiger partial charge in [-0.05, 0) is 49.7 Å². The van der Waals surface area contributed by atoms with Crippen molar-refractivity contribution in [1.82, 2.24) is 4.57 Å². The predicted molar refractivity (Wildman–Crippen MR) is 120 cm³/mol. The maximum absolute atomic E-state index is 13.4. The molecule has 0 aliphatic heterocycles. The fraction of sp³-hybridized carbons (Fsp3) is 0.217. The van der Waals surface area contributed by atoms with Crippen LogP contribution in [0.2, 0.25) is 0 Å². The van der Waals surface area contributed by atoms with E-state index in [2.05, 4.69) is 5.32 Å². The summed E-state index contributed by atoms with van der Waals surface area (Å²) in [5.41, 5.74) is -0.364. The van der Waals surface area contributed by atoms with Gasteiger partial charge in [0.15, 0.2) is 23.1 Å². The van der Waals surface area contributed by atoms with Crippen LogP contribution in [0.4, 0.5) is 14.5 Å². The molecule has 0 fully saturated rings. The van der Waals surface area contributed by atoms with Gasteiger partial charge in [-0.3, -0.25) is 9.59 Å². The number of pyridine rings is 1. The first-order chi connectivity index (χ1) is 16.0. The second-order valence-corrected chi connectivity index (χ2v) is 9.27. The van der Waals surface area contributed by atoms with E-state index >= 15 is 0 Å². The van der Waals surface area contributed by atoms with E-state index in [1.54, 1.807) is 6.92 Å². The van der Waals surface area contributed by atoms with Gasteiger partial charge in [0.2, 0.25) is 15.7 Å². The number of nitrogens with zero attached hydrogens (tertiary/aromatic N) is 1. The summed E-state index contributed by atoms with van der Waals surface area (Å²) in [6, 6.07) is 8.21. The van der Waals surface area contributed by atoms with Crippen molar-refractivity contribution in [2.75, 3.05) is 19.5 Å². The number of carbonyl (C=O) groups excluding carboxylic acids is 1. The number of nitrogens with one attached hydrogen (secondary N) is 1. The molecule has 1 heterocycles. The normalized spacial score (nSPS) is 11.2. The number of aryl methyl sites for hydroxylation is 2. The Balaban J connectivity index is 2.01. The number of hydrogen-bond donors (Lipinski definition) is 1. The topological polar surface area (TPSA) is 104 Å². The van der Waals surface area contributed by atoms with Crippen molar-refractivity contribution < 1.29 is 31.5 Å². The molecule has 34 heavy (non-hydrogen) atoms. The molecular formula is C23H22F2N2O6S. The number of carbonyl (C=O) groups is 1. The van der Waals surface area contributed by atoms with Gasteiger partial charge in [0.1, 0.15) is 11.4 Å². The van der Waals surface area contributed by atoms with Crippen molar-refractivity contribution >= 4 is 21.4 Å². The summed E-state index contributed by atoms with van der Waals surface area (Å²) in [6.07, 6.45) is 0. The van der Waals surface area contributed by atoms with E-state index in [1.165, 1.54) is 45.4 Å². The fourth-order valence-electron chi connectivity index (χ4n) is 3.45. The van der Waals surface area contributed by atoms with Gasteiger partial charge in [-0.1, -0.05) is 0 Å². The zero-order chi connectivity index (χ0) is 25.2. The van der Waals surface area contributed by atoms with Crippen LogP contribution >= 0.6 is 0 Å². The van der Waals surface area contributed by atoms with Crippen LogP contribution in [0.1, 0.15) is 11.3 Å². The maximum Gasteiger partial charge on any atom is 0.270 e. The summed E-state index contributed by atoms with van der Waals surface area (Å²) in [5.74, 6) is -2.47. The highest BCUT2D eigenvalue weighted by atomic mass is 32.2. The second kappa shape index (κ2) is 9.64. The van der Waals surface area contributed by atoms with Crippen LogP contribution in [-0.2, 0) is 21.2 Å². The molecule has 0 aliphatic carbocycles. The van der Waals surface area contributed by atoms with E-state index in [1.807, 2.05) is 0 Å². The monoisotopic (exact) mass is 492 g/mol. The number of anilines is 1. The van der Waals surface area contributed by atoms with Crippen LogP contribution in [0, 0.1) is 25.5 Å². The van der Waals surface area contributed by atoms with E-state index in [0.717, 1.165) is 22.8 Å². The number of methoxy groups -OCH3 is 2. The number of hydrogen-bond acceptors (Lipinski definition) is 6. The van der Waals surface area contributed by atoms with Crippen molar-refractivity contribution in [2.24, 2.45) is 0 Å². The Hall–Kier alpha value is -3.73. The lowest BCUT2D eigenvalue weighted by molar-refractivity contribution is -0.116. The minimum atomic E-state index is -4.29. The van der Waals surface area contributed by atoms with Gasteiger partial charge < -0.3 is 19.4 Å². The van der Waals surface area contributed by atoms with E-state index in [-0.39, 0.29) is 21.9 Å². The van der Waals surface area contributed by atoms with Crippen LogP contribution < -0.4 is 20.3 Å². The molecule has 0 saturated carbocycles. The van der Waals surface area contributed by atoms with E-state index in [4.69, 9.17) is 9.47 Å². The zero-order valence-corrected chi connectivity index (χ0v) is 19.6. The SMILES string of the molecule is COc1ccc(S(=O)(=O)c2c(C)cc(C)n(CC(=O)Nc3ccc(F)c(F)c3)c2=O)cc1OC. The Kier molecular flexibility index (Phi) is 7.06. The number of halogens is 2. The number of aromatic nitrogens is 1. The van der Waals surface area contributed by atoms with Crippen molar-refractivity contribution in [3.63, 3.8) is 0 Å². The molecule has 0 saturated heterocycles. The molecule has 8 nitrogen and oxygen atoms in total. The van der Waals surface area contributed by atoms with Gasteiger partial charge in [-0.25, -0.2) is 17.2 Å². The molecule has 3 aromatic rings. The molecule has 1 N–H and O–H groups in total. The molecule has 1 amide bonds. The Morgan fingerprint density at radius 2 is 1.65 bits per heavy atom. The van der Waals surface area contributed by atoms with E-state index in [0.29, 0.717) is 11.4 Å². The molecule has 0 bridgehead atoms. The van der Waals surface area contributed by atoms with Crippen LogP contribution in [0.25, 0.3) is 0 Å². The maximum atomic E-state index is 13.4. The molecule has 0 spiro atoms. The number of benzene rings is 2. The highest BCUT2D eigenvalue weighted by molar-refractivity contribution is 7.91. The third kappa shape index (κ3) is 4.79. The molecule has 0 radical (unpaired) electrons. The Labute approximate surface area is 194 Å². The highest BCUT2D eigenvalue weighted by Crippen LogP contribution is 2.32. The summed E-state index contributed by atoms with van der Waals surface area (Å²) in [4.78, 5) is 25.0. The zero-order valence-electron chi connectivity index (χ0n) is 18.8. The van der Waals surface area contributed by atoms with Gasteiger partial charge >= 0.3 is 0 Å². The smallest absolute Gasteiger partial charge is 0.270 e. The first-order valence-corrected chi connectivity index (χ1v) is 11.4. The summed E-state index contributed by atoms with van der Waals surface area (Å²) >= 11 is 0.